The molecule has 3 rings (SSSR count). The van der Waals surface area contributed by atoms with Gasteiger partial charge in [0.15, 0.2) is 0 Å². The number of aromatic nitrogens is 3. The summed E-state index contributed by atoms with van der Waals surface area (Å²) in [7, 11) is 0. The Hall–Kier alpha value is -2.71. The van der Waals surface area contributed by atoms with Crippen molar-refractivity contribution in [2.45, 2.75) is 6.54 Å². The second-order valence-electron chi connectivity index (χ2n) is 4.71. The Morgan fingerprint density at radius 1 is 1.17 bits per heavy atom. The van der Waals surface area contributed by atoms with E-state index in [-0.39, 0.29) is 24.0 Å². The molecule has 122 valence electrons. The first-order valence-electron chi connectivity index (χ1n) is 6.57. The van der Waals surface area contributed by atoms with Crippen LogP contribution < -0.4 is 5.56 Å². The minimum Gasteiger partial charge on any atom is -0.419 e. The summed E-state index contributed by atoms with van der Waals surface area (Å²) >= 11 is 12.1. The van der Waals surface area contributed by atoms with Crippen molar-refractivity contribution in [3.63, 3.8) is 0 Å². The van der Waals surface area contributed by atoms with E-state index in [1.807, 2.05) is 0 Å². The maximum absolute atomic E-state index is 11.8. The van der Waals surface area contributed by atoms with Gasteiger partial charge in [-0.3, -0.25) is 19.5 Å². The fraction of sp³-hybridized carbons (Fsp3) is 0.0714. The summed E-state index contributed by atoms with van der Waals surface area (Å²) in [5, 5.41) is 19.1. The Labute approximate surface area is 144 Å². The number of halogens is 2. The standard InChI is InChI=1S/C14H8Cl2N4O4/c15-9-2-1-3-10(16)13(9)14-18-17-11(24-14)7-19-6-8(20(22)23)4-5-12(19)21/h1-6H,7H2. The van der Waals surface area contributed by atoms with Crippen LogP contribution >= 0.6 is 23.2 Å². The Balaban J connectivity index is 1.94. The highest BCUT2D eigenvalue weighted by molar-refractivity contribution is 6.38. The van der Waals surface area contributed by atoms with E-state index in [2.05, 4.69) is 10.2 Å². The van der Waals surface area contributed by atoms with Gasteiger partial charge in [-0.1, -0.05) is 29.3 Å². The summed E-state index contributed by atoms with van der Waals surface area (Å²) in [6, 6.07) is 7.14. The summed E-state index contributed by atoms with van der Waals surface area (Å²) in [6.45, 7) is -0.115. The van der Waals surface area contributed by atoms with E-state index in [4.69, 9.17) is 27.6 Å². The summed E-state index contributed by atoms with van der Waals surface area (Å²) in [4.78, 5) is 22.0. The fourth-order valence-corrected chi connectivity index (χ4v) is 2.58. The van der Waals surface area contributed by atoms with Gasteiger partial charge in [-0.05, 0) is 12.1 Å². The average molecular weight is 367 g/mol. The number of hydrogen-bond acceptors (Lipinski definition) is 6. The molecule has 0 spiro atoms. The molecule has 10 heteroatoms. The molecule has 0 unspecified atom stereocenters. The first kappa shape index (κ1) is 16.2. The zero-order valence-corrected chi connectivity index (χ0v) is 13.4. The van der Waals surface area contributed by atoms with Crippen molar-refractivity contribution in [3.8, 4) is 11.5 Å². The van der Waals surface area contributed by atoms with E-state index in [1.165, 1.54) is 0 Å². The fourth-order valence-electron chi connectivity index (χ4n) is 2.02. The second kappa shape index (κ2) is 6.42. The summed E-state index contributed by atoms with van der Waals surface area (Å²) in [5.41, 5.74) is -0.273. The SMILES string of the molecule is O=c1ccc([N+](=O)[O-])cn1Cc1nnc(-c2c(Cl)cccc2Cl)o1. The lowest BCUT2D eigenvalue weighted by Gasteiger charge is -2.02. The summed E-state index contributed by atoms with van der Waals surface area (Å²) in [6.07, 6.45) is 1.11. The van der Waals surface area contributed by atoms with Gasteiger partial charge in [0.25, 0.3) is 17.1 Å². The van der Waals surface area contributed by atoms with Crippen LogP contribution in [-0.2, 0) is 6.54 Å². The molecular formula is C14H8Cl2N4O4. The Morgan fingerprint density at radius 3 is 2.54 bits per heavy atom. The van der Waals surface area contributed by atoms with Gasteiger partial charge < -0.3 is 4.42 Å². The Bertz CT molecular complexity index is 963. The predicted molar refractivity (Wildman–Crippen MR) is 86.2 cm³/mol. The number of pyridine rings is 1. The zero-order chi connectivity index (χ0) is 17.3. The van der Waals surface area contributed by atoms with Crippen LogP contribution in [0.2, 0.25) is 10.0 Å². The second-order valence-corrected chi connectivity index (χ2v) is 5.52. The van der Waals surface area contributed by atoms with E-state index in [1.54, 1.807) is 18.2 Å². The van der Waals surface area contributed by atoms with Gasteiger partial charge in [-0.15, -0.1) is 10.2 Å². The molecule has 0 N–H and O–H groups in total. The van der Waals surface area contributed by atoms with E-state index >= 15 is 0 Å². The van der Waals surface area contributed by atoms with E-state index < -0.39 is 10.5 Å². The Morgan fingerprint density at radius 2 is 1.88 bits per heavy atom. The van der Waals surface area contributed by atoms with Crippen LogP contribution in [0.3, 0.4) is 0 Å². The molecule has 0 fully saturated rings. The molecule has 0 aliphatic heterocycles. The highest BCUT2D eigenvalue weighted by Gasteiger charge is 2.16. The lowest BCUT2D eigenvalue weighted by atomic mass is 10.2. The van der Waals surface area contributed by atoms with Crippen LogP contribution in [0.5, 0.6) is 0 Å². The maximum Gasteiger partial charge on any atom is 0.285 e. The maximum atomic E-state index is 11.8. The van der Waals surface area contributed by atoms with Crippen molar-refractivity contribution < 1.29 is 9.34 Å². The number of hydrogen-bond donors (Lipinski definition) is 0. The number of nitrogens with zero attached hydrogens (tertiary/aromatic N) is 4. The molecule has 1 aromatic carbocycles. The molecule has 0 aliphatic rings. The van der Waals surface area contributed by atoms with Crippen molar-refractivity contribution in [2.24, 2.45) is 0 Å². The van der Waals surface area contributed by atoms with Crippen LogP contribution in [0.1, 0.15) is 5.89 Å². The first-order valence-corrected chi connectivity index (χ1v) is 7.33. The van der Waals surface area contributed by atoms with E-state index in [0.29, 0.717) is 15.6 Å². The number of nitro groups is 1. The van der Waals surface area contributed by atoms with Crippen LogP contribution in [-0.4, -0.2) is 19.7 Å². The van der Waals surface area contributed by atoms with Gasteiger partial charge in [0, 0.05) is 12.1 Å². The highest BCUT2D eigenvalue weighted by atomic mass is 35.5. The van der Waals surface area contributed by atoms with Crippen molar-refractivity contribution >= 4 is 28.9 Å². The predicted octanol–water partition coefficient (Wildman–Crippen LogP) is 3.16. The molecule has 0 amide bonds. The molecule has 2 heterocycles. The molecular weight excluding hydrogens is 359 g/mol. The Kier molecular flexibility index (Phi) is 4.32. The van der Waals surface area contributed by atoms with Gasteiger partial charge >= 0.3 is 0 Å². The molecule has 0 aliphatic carbocycles. The molecule has 0 radical (unpaired) electrons. The molecule has 3 aromatic rings. The van der Waals surface area contributed by atoms with E-state index in [9.17, 15) is 14.9 Å². The van der Waals surface area contributed by atoms with Crippen LogP contribution in [0.4, 0.5) is 5.69 Å². The molecule has 0 saturated carbocycles. The highest BCUT2D eigenvalue weighted by Crippen LogP contribution is 2.33. The van der Waals surface area contributed by atoms with Crippen LogP contribution in [0.15, 0.2) is 45.7 Å². The van der Waals surface area contributed by atoms with Gasteiger partial charge in [0.2, 0.25) is 5.89 Å². The quantitative estimate of drug-likeness (QED) is 0.518. The molecule has 0 saturated heterocycles. The summed E-state index contributed by atoms with van der Waals surface area (Å²) < 4.78 is 6.57. The zero-order valence-electron chi connectivity index (χ0n) is 11.8. The number of benzene rings is 1. The van der Waals surface area contributed by atoms with Crippen LogP contribution in [0, 0.1) is 10.1 Å². The van der Waals surface area contributed by atoms with Crippen LogP contribution in [0.25, 0.3) is 11.5 Å². The molecule has 24 heavy (non-hydrogen) atoms. The van der Waals surface area contributed by atoms with Gasteiger partial charge in [0.05, 0.1) is 26.7 Å². The van der Waals surface area contributed by atoms with Crippen molar-refractivity contribution in [2.75, 3.05) is 0 Å². The lowest BCUT2D eigenvalue weighted by Crippen LogP contribution is -2.19. The smallest absolute Gasteiger partial charge is 0.285 e. The van der Waals surface area contributed by atoms with Crippen molar-refractivity contribution in [3.05, 3.63) is 72.9 Å². The van der Waals surface area contributed by atoms with Crippen molar-refractivity contribution in [1.82, 2.24) is 14.8 Å². The third-order valence-electron chi connectivity index (χ3n) is 3.13. The van der Waals surface area contributed by atoms with Gasteiger partial charge in [0.1, 0.15) is 6.54 Å². The van der Waals surface area contributed by atoms with E-state index in [0.717, 1.165) is 22.9 Å². The average Bonchev–Trinajstić information content (AvgIpc) is 2.97. The number of rotatable bonds is 4. The first-order chi connectivity index (χ1) is 11.5. The molecule has 0 atom stereocenters. The minimum absolute atomic E-state index is 0.0867. The van der Waals surface area contributed by atoms with Gasteiger partial charge in [-0.25, -0.2) is 0 Å². The monoisotopic (exact) mass is 366 g/mol. The topological polar surface area (TPSA) is 104 Å². The normalized spacial score (nSPS) is 10.8. The third kappa shape index (κ3) is 3.15. The van der Waals surface area contributed by atoms with Crippen molar-refractivity contribution in [1.29, 1.82) is 0 Å². The summed E-state index contributed by atoms with van der Waals surface area (Å²) in [5.74, 6) is 0.183. The molecule has 0 bridgehead atoms. The molecule has 8 nitrogen and oxygen atoms in total. The van der Waals surface area contributed by atoms with Gasteiger partial charge in [-0.2, -0.15) is 0 Å². The largest absolute Gasteiger partial charge is 0.419 e. The third-order valence-corrected chi connectivity index (χ3v) is 3.76. The lowest BCUT2D eigenvalue weighted by molar-refractivity contribution is -0.385. The molecule has 2 aromatic heterocycles. The minimum atomic E-state index is -0.599.